The molecular formula is C17H35NO. The molecule has 1 N–H and O–H groups in total. The summed E-state index contributed by atoms with van der Waals surface area (Å²) in [4.78, 5) is 0. The molecule has 0 saturated carbocycles. The minimum absolute atomic E-state index is 0.285. The summed E-state index contributed by atoms with van der Waals surface area (Å²) in [5, 5.41) is 3.62. The molecule has 0 aromatic heterocycles. The first-order chi connectivity index (χ1) is 9.14. The summed E-state index contributed by atoms with van der Waals surface area (Å²) in [6.07, 6.45) is 14.5. The molecule has 1 aliphatic heterocycles. The maximum absolute atomic E-state index is 5.24. The lowest BCUT2D eigenvalue weighted by molar-refractivity contribution is 0.317. The van der Waals surface area contributed by atoms with E-state index in [2.05, 4.69) is 26.1 Å². The maximum Gasteiger partial charge on any atom is 0.0934 e. The number of epoxide rings is 1. The Balaban J connectivity index is 1.83. The Kier molecular flexibility index (Phi) is 8.72. The molecule has 1 atom stereocenters. The molecular weight excluding hydrogens is 234 g/mol. The monoisotopic (exact) mass is 269 g/mol. The van der Waals surface area contributed by atoms with Crippen LogP contribution in [0.5, 0.6) is 0 Å². The molecule has 19 heavy (non-hydrogen) atoms. The number of nitrogens with one attached hydrogen (secondary N) is 1. The van der Waals surface area contributed by atoms with Gasteiger partial charge in [0.1, 0.15) is 0 Å². The van der Waals surface area contributed by atoms with Crippen LogP contribution in [0.25, 0.3) is 0 Å². The zero-order valence-electron chi connectivity index (χ0n) is 13.5. The largest absolute Gasteiger partial charge is 0.372 e. The summed E-state index contributed by atoms with van der Waals surface area (Å²) in [6, 6.07) is 0. The summed E-state index contributed by atoms with van der Waals surface area (Å²) in [6.45, 7) is 8.91. The van der Waals surface area contributed by atoms with Crippen LogP contribution in [0, 0.1) is 0 Å². The quantitative estimate of drug-likeness (QED) is 0.388. The third-order valence-corrected chi connectivity index (χ3v) is 4.12. The minimum atomic E-state index is 0.285. The van der Waals surface area contributed by atoms with Crippen molar-refractivity contribution in [3.05, 3.63) is 0 Å². The van der Waals surface area contributed by atoms with Gasteiger partial charge in [0.2, 0.25) is 0 Å². The molecule has 0 aromatic rings. The van der Waals surface area contributed by atoms with Gasteiger partial charge in [-0.3, -0.25) is 0 Å². The smallest absolute Gasteiger partial charge is 0.0934 e. The summed E-state index contributed by atoms with van der Waals surface area (Å²) >= 11 is 0. The van der Waals surface area contributed by atoms with Crippen molar-refractivity contribution >= 4 is 0 Å². The van der Waals surface area contributed by atoms with E-state index in [-0.39, 0.29) is 5.54 Å². The van der Waals surface area contributed by atoms with Gasteiger partial charge in [-0.15, -0.1) is 0 Å². The average molecular weight is 269 g/mol. The maximum atomic E-state index is 5.24. The number of hydrogen-bond donors (Lipinski definition) is 1. The number of hydrogen-bond acceptors (Lipinski definition) is 2. The molecule has 1 saturated heterocycles. The van der Waals surface area contributed by atoms with Gasteiger partial charge in [0.05, 0.1) is 12.7 Å². The van der Waals surface area contributed by atoms with E-state index < -0.39 is 0 Å². The van der Waals surface area contributed by atoms with Crippen LogP contribution in [0.3, 0.4) is 0 Å². The van der Waals surface area contributed by atoms with Gasteiger partial charge < -0.3 is 10.1 Å². The lowest BCUT2D eigenvalue weighted by atomic mass is 9.95. The van der Waals surface area contributed by atoms with Crippen LogP contribution >= 0.6 is 0 Å². The van der Waals surface area contributed by atoms with Gasteiger partial charge in [0.15, 0.2) is 0 Å². The first kappa shape index (κ1) is 17.0. The van der Waals surface area contributed by atoms with Crippen LogP contribution in [-0.2, 0) is 4.74 Å². The molecule has 1 aliphatic rings. The van der Waals surface area contributed by atoms with Crippen molar-refractivity contribution in [2.24, 2.45) is 0 Å². The summed E-state index contributed by atoms with van der Waals surface area (Å²) in [5.74, 6) is 0. The van der Waals surface area contributed by atoms with Crippen LogP contribution in [0.1, 0.15) is 85.0 Å². The lowest BCUT2D eigenvalue weighted by Gasteiger charge is -2.26. The van der Waals surface area contributed by atoms with Crippen LogP contribution < -0.4 is 5.32 Å². The van der Waals surface area contributed by atoms with E-state index in [0.29, 0.717) is 6.10 Å². The first-order valence-corrected chi connectivity index (χ1v) is 8.51. The molecule has 2 heteroatoms. The highest BCUT2D eigenvalue weighted by Gasteiger charge is 2.25. The molecule has 0 aromatic carbocycles. The molecule has 0 radical (unpaired) electrons. The van der Waals surface area contributed by atoms with Crippen molar-refractivity contribution in [1.29, 1.82) is 0 Å². The number of ether oxygens (including phenoxy) is 1. The predicted octanol–water partition coefficient (Wildman–Crippen LogP) is 4.67. The molecule has 2 nitrogen and oxygen atoms in total. The van der Waals surface area contributed by atoms with E-state index in [1.54, 1.807) is 0 Å². The van der Waals surface area contributed by atoms with E-state index in [9.17, 15) is 0 Å². The highest BCUT2D eigenvalue weighted by atomic mass is 16.6. The Hall–Kier alpha value is -0.0800. The molecule has 1 unspecified atom stereocenters. The second kappa shape index (κ2) is 9.77. The van der Waals surface area contributed by atoms with Gasteiger partial charge in [-0.2, -0.15) is 0 Å². The van der Waals surface area contributed by atoms with Crippen molar-refractivity contribution in [1.82, 2.24) is 5.32 Å². The van der Waals surface area contributed by atoms with E-state index in [1.165, 1.54) is 64.2 Å². The van der Waals surface area contributed by atoms with Crippen LogP contribution in [0.15, 0.2) is 0 Å². The van der Waals surface area contributed by atoms with E-state index in [4.69, 9.17) is 4.74 Å². The van der Waals surface area contributed by atoms with Crippen molar-refractivity contribution < 1.29 is 4.74 Å². The summed E-state index contributed by atoms with van der Waals surface area (Å²) in [5.41, 5.74) is 0.285. The van der Waals surface area contributed by atoms with E-state index in [0.717, 1.165) is 13.2 Å². The fourth-order valence-electron chi connectivity index (χ4n) is 2.54. The molecule has 1 fully saturated rings. The Morgan fingerprint density at radius 1 is 0.947 bits per heavy atom. The fourth-order valence-corrected chi connectivity index (χ4v) is 2.54. The Bertz CT molecular complexity index is 211. The lowest BCUT2D eigenvalue weighted by Crippen LogP contribution is -2.41. The Morgan fingerprint density at radius 2 is 1.47 bits per heavy atom. The third kappa shape index (κ3) is 10.4. The molecule has 0 aliphatic carbocycles. The summed E-state index contributed by atoms with van der Waals surface area (Å²) < 4.78 is 5.24. The van der Waals surface area contributed by atoms with Crippen LogP contribution in [-0.4, -0.2) is 24.8 Å². The second-order valence-corrected chi connectivity index (χ2v) is 6.80. The fraction of sp³-hybridized carbons (Fsp3) is 1.00. The van der Waals surface area contributed by atoms with Gasteiger partial charge in [-0.1, -0.05) is 64.7 Å². The zero-order chi connectivity index (χ0) is 14.0. The van der Waals surface area contributed by atoms with Gasteiger partial charge in [-0.25, -0.2) is 0 Å². The zero-order valence-corrected chi connectivity index (χ0v) is 13.5. The third-order valence-electron chi connectivity index (χ3n) is 4.12. The van der Waals surface area contributed by atoms with Gasteiger partial charge in [-0.05, 0) is 20.3 Å². The average Bonchev–Trinajstić information content (AvgIpc) is 3.19. The van der Waals surface area contributed by atoms with Crippen LogP contribution in [0.4, 0.5) is 0 Å². The van der Waals surface area contributed by atoms with E-state index in [1.807, 2.05) is 0 Å². The predicted molar refractivity (Wildman–Crippen MR) is 83.7 cm³/mol. The molecule has 0 spiro atoms. The Morgan fingerprint density at radius 3 is 2.00 bits per heavy atom. The molecule has 114 valence electrons. The molecule has 1 heterocycles. The van der Waals surface area contributed by atoms with Gasteiger partial charge >= 0.3 is 0 Å². The molecule has 1 rings (SSSR count). The summed E-state index contributed by atoms with van der Waals surface area (Å²) in [7, 11) is 0. The number of unbranched alkanes of at least 4 members (excludes halogenated alkanes) is 8. The van der Waals surface area contributed by atoms with Crippen molar-refractivity contribution in [2.45, 2.75) is 96.6 Å². The van der Waals surface area contributed by atoms with Crippen molar-refractivity contribution in [2.75, 3.05) is 13.2 Å². The normalized spacial score (nSPS) is 18.8. The molecule has 0 amide bonds. The number of rotatable bonds is 13. The second-order valence-electron chi connectivity index (χ2n) is 6.80. The Labute approximate surface area is 120 Å². The van der Waals surface area contributed by atoms with Crippen molar-refractivity contribution in [3.8, 4) is 0 Å². The standard InChI is InChI=1S/C17H35NO/c1-4-5-6-7-8-9-10-11-12-13-17(2,3)18-14-16-15-19-16/h16,18H,4-15H2,1-3H3. The highest BCUT2D eigenvalue weighted by Crippen LogP contribution is 2.17. The van der Waals surface area contributed by atoms with Crippen LogP contribution in [0.2, 0.25) is 0 Å². The van der Waals surface area contributed by atoms with Crippen molar-refractivity contribution in [3.63, 3.8) is 0 Å². The minimum Gasteiger partial charge on any atom is -0.372 e. The van der Waals surface area contributed by atoms with E-state index >= 15 is 0 Å². The molecule has 0 bridgehead atoms. The first-order valence-electron chi connectivity index (χ1n) is 8.51. The SMILES string of the molecule is CCCCCCCCCCCC(C)(C)NCC1CO1. The van der Waals surface area contributed by atoms with Gasteiger partial charge in [0, 0.05) is 12.1 Å². The highest BCUT2D eigenvalue weighted by molar-refractivity contribution is 4.82. The van der Waals surface area contributed by atoms with Gasteiger partial charge in [0.25, 0.3) is 0 Å². The topological polar surface area (TPSA) is 24.6 Å².